The summed E-state index contributed by atoms with van der Waals surface area (Å²) >= 11 is 0. The largest absolute Gasteiger partial charge is 0.378 e. The third kappa shape index (κ3) is 2.67. The summed E-state index contributed by atoms with van der Waals surface area (Å²) in [7, 11) is 4.06. The van der Waals surface area contributed by atoms with E-state index in [1.54, 1.807) is 0 Å². The summed E-state index contributed by atoms with van der Waals surface area (Å²) in [6.45, 7) is 3.92. The number of nitrogens with zero attached hydrogens (tertiary/aromatic N) is 3. The van der Waals surface area contributed by atoms with E-state index in [0.717, 1.165) is 39.7 Å². The number of H-pyrrole nitrogens is 1. The first-order valence-corrected chi connectivity index (χ1v) is 6.91. The number of benzene rings is 1. The minimum absolute atomic E-state index is 0.746. The van der Waals surface area contributed by atoms with Gasteiger partial charge in [-0.1, -0.05) is 6.07 Å². The molecule has 3 aromatic rings. The maximum absolute atomic E-state index is 4.53. The number of aromatic nitrogens is 3. The van der Waals surface area contributed by atoms with E-state index in [2.05, 4.69) is 43.4 Å². The molecule has 0 unspecified atom stereocenters. The molecule has 0 saturated heterocycles. The third-order valence-corrected chi connectivity index (χ3v) is 3.36. The number of hydrogen-bond acceptors (Lipinski definition) is 4. The van der Waals surface area contributed by atoms with Gasteiger partial charge in [0.2, 0.25) is 0 Å². The van der Waals surface area contributed by atoms with Crippen LogP contribution in [0.25, 0.3) is 11.0 Å². The zero-order valence-electron chi connectivity index (χ0n) is 12.7. The summed E-state index contributed by atoms with van der Waals surface area (Å²) < 4.78 is 0. The predicted octanol–water partition coefficient (Wildman–Crippen LogP) is 3.38. The lowest BCUT2D eigenvalue weighted by Gasteiger charge is -2.14. The second-order valence-electron chi connectivity index (χ2n) is 5.40. The molecule has 0 bridgehead atoms. The Labute approximate surface area is 124 Å². The lowest BCUT2D eigenvalue weighted by atomic mass is 10.2. The molecule has 21 heavy (non-hydrogen) atoms. The van der Waals surface area contributed by atoms with E-state index >= 15 is 0 Å². The summed E-state index contributed by atoms with van der Waals surface area (Å²) in [6, 6.07) is 10.3. The number of aryl methyl sites for hydroxylation is 2. The van der Waals surface area contributed by atoms with Crippen molar-refractivity contribution in [3.63, 3.8) is 0 Å². The van der Waals surface area contributed by atoms with Crippen molar-refractivity contribution in [1.29, 1.82) is 0 Å². The van der Waals surface area contributed by atoms with Gasteiger partial charge in [-0.2, -0.15) is 0 Å². The molecule has 5 heteroatoms. The molecule has 0 atom stereocenters. The highest BCUT2D eigenvalue weighted by Crippen LogP contribution is 2.26. The van der Waals surface area contributed by atoms with E-state index in [9.17, 15) is 0 Å². The molecule has 2 N–H and O–H groups in total. The number of aromatic amines is 1. The topological polar surface area (TPSA) is 56.8 Å². The normalized spacial score (nSPS) is 10.9. The maximum Gasteiger partial charge on any atom is 0.143 e. The molecular weight excluding hydrogens is 262 g/mol. The van der Waals surface area contributed by atoms with Crippen molar-refractivity contribution in [3.05, 3.63) is 41.9 Å². The fourth-order valence-electron chi connectivity index (χ4n) is 2.35. The number of anilines is 3. The Morgan fingerprint density at radius 3 is 2.67 bits per heavy atom. The molecule has 0 radical (unpaired) electrons. The Kier molecular flexibility index (Phi) is 3.25. The van der Waals surface area contributed by atoms with Crippen LogP contribution in [0.1, 0.15) is 11.5 Å². The average molecular weight is 281 g/mol. The number of nitrogens with one attached hydrogen (secondary N) is 2. The van der Waals surface area contributed by atoms with E-state index in [0.29, 0.717) is 0 Å². The Balaban J connectivity index is 2.03. The lowest BCUT2D eigenvalue weighted by Crippen LogP contribution is -2.08. The highest BCUT2D eigenvalue weighted by Gasteiger charge is 2.09. The molecule has 0 aliphatic carbocycles. The van der Waals surface area contributed by atoms with E-state index in [4.69, 9.17) is 0 Å². The minimum Gasteiger partial charge on any atom is -0.378 e. The Morgan fingerprint density at radius 2 is 1.90 bits per heavy atom. The van der Waals surface area contributed by atoms with Gasteiger partial charge in [0, 0.05) is 31.2 Å². The van der Waals surface area contributed by atoms with Crippen molar-refractivity contribution >= 4 is 28.2 Å². The molecule has 1 aromatic carbocycles. The van der Waals surface area contributed by atoms with E-state index in [-0.39, 0.29) is 0 Å². The van der Waals surface area contributed by atoms with Crippen LogP contribution < -0.4 is 10.2 Å². The fraction of sp³-hybridized carbons (Fsp3) is 0.250. The van der Waals surface area contributed by atoms with Crippen molar-refractivity contribution in [2.45, 2.75) is 13.8 Å². The van der Waals surface area contributed by atoms with Crippen LogP contribution in [0, 0.1) is 13.8 Å². The molecule has 0 aliphatic heterocycles. The van der Waals surface area contributed by atoms with Gasteiger partial charge in [0.25, 0.3) is 0 Å². The molecule has 108 valence electrons. The van der Waals surface area contributed by atoms with Crippen LogP contribution in [0.3, 0.4) is 0 Å². The summed E-state index contributed by atoms with van der Waals surface area (Å²) in [4.78, 5) is 14.3. The lowest BCUT2D eigenvalue weighted by molar-refractivity contribution is 1.08. The summed E-state index contributed by atoms with van der Waals surface area (Å²) in [5.41, 5.74) is 4.10. The zero-order chi connectivity index (χ0) is 15.0. The zero-order valence-corrected chi connectivity index (χ0v) is 12.7. The average Bonchev–Trinajstić information content (AvgIpc) is 2.79. The van der Waals surface area contributed by atoms with E-state index < -0.39 is 0 Å². The number of hydrogen-bond donors (Lipinski definition) is 2. The molecule has 5 nitrogen and oxygen atoms in total. The first-order valence-electron chi connectivity index (χ1n) is 6.91. The van der Waals surface area contributed by atoms with Gasteiger partial charge in [0.1, 0.15) is 17.3 Å². The summed E-state index contributed by atoms with van der Waals surface area (Å²) in [6.07, 6.45) is 0. The van der Waals surface area contributed by atoms with E-state index in [1.807, 2.05) is 40.1 Å². The van der Waals surface area contributed by atoms with Gasteiger partial charge in [0.15, 0.2) is 0 Å². The van der Waals surface area contributed by atoms with Gasteiger partial charge in [-0.3, -0.25) is 0 Å². The second kappa shape index (κ2) is 5.09. The maximum atomic E-state index is 4.53. The van der Waals surface area contributed by atoms with Crippen molar-refractivity contribution < 1.29 is 0 Å². The number of fused-ring (bicyclic) bond motifs is 1. The fourth-order valence-corrected chi connectivity index (χ4v) is 2.35. The molecule has 3 rings (SSSR count). The molecule has 0 saturated carbocycles. The van der Waals surface area contributed by atoms with Gasteiger partial charge < -0.3 is 15.2 Å². The van der Waals surface area contributed by atoms with Crippen LogP contribution in [-0.4, -0.2) is 29.0 Å². The molecule has 2 heterocycles. The van der Waals surface area contributed by atoms with Gasteiger partial charge >= 0.3 is 0 Å². The van der Waals surface area contributed by atoms with Crippen molar-refractivity contribution in [2.75, 3.05) is 24.3 Å². The van der Waals surface area contributed by atoms with Crippen LogP contribution in [0.15, 0.2) is 30.3 Å². The molecular formula is C16H19N5. The first-order chi connectivity index (χ1) is 10.0. The third-order valence-electron chi connectivity index (χ3n) is 3.36. The van der Waals surface area contributed by atoms with Gasteiger partial charge in [0.05, 0.1) is 5.39 Å². The molecule has 0 aliphatic rings. The van der Waals surface area contributed by atoms with Crippen molar-refractivity contribution in [2.24, 2.45) is 0 Å². The SMILES string of the molecule is Cc1nc(Nc2cccc(N(C)C)c2)c2cc(C)[nH]c2n1. The molecule has 2 aromatic heterocycles. The quantitative estimate of drug-likeness (QED) is 0.772. The Bertz CT molecular complexity index is 788. The van der Waals surface area contributed by atoms with Crippen molar-refractivity contribution in [3.8, 4) is 0 Å². The molecule has 0 fully saturated rings. The minimum atomic E-state index is 0.746. The highest BCUT2D eigenvalue weighted by atomic mass is 15.1. The Morgan fingerprint density at radius 1 is 1.10 bits per heavy atom. The van der Waals surface area contributed by atoms with E-state index in [1.165, 1.54) is 0 Å². The predicted molar refractivity (Wildman–Crippen MR) is 87.4 cm³/mol. The van der Waals surface area contributed by atoms with Crippen LogP contribution >= 0.6 is 0 Å². The van der Waals surface area contributed by atoms with Crippen molar-refractivity contribution in [1.82, 2.24) is 15.0 Å². The molecule has 0 amide bonds. The standard InChI is InChI=1S/C16H19N5/c1-10-8-14-15(17-10)18-11(2)19-16(14)20-12-6-5-7-13(9-12)21(3)4/h5-9H,1-4H3,(H2,17,18,19,20). The number of rotatable bonds is 3. The van der Waals surface area contributed by atoms with Crippen LogP contribution in [0.5, 0.6) is 0 Å². The summed E-state index contributed by atoms with van der Waals surface area (Å²) in [5.74, 6) is 1.58. The van der Waals surface area contributed by atoms with Crippen LogP contribution in [0.2, 0.25) is 0 Å². The summed E-state index contributed by atoms with van der Waals surface area (Å²) in [5, 5.41) is 4.41. The first kappa shape index (κ1) is 13.4. The van der Waals surface area contributed by atoms with Gasteiger partial charge in [-0.25, -0.2) is 9.97 Å². The molecule has 0 spiro atoms. The van der Waals surface area contributed by atoms with Gasteiger partial charge in [-0.15, -0.1) is 0 Å². The van der Waals surface area contributed by atoms with Crippen LogP contribution in [-0.2, 0) is 0 Å². The van der Waals surface area contributed by atoms with Crippen LogP contribution in [0.4, 0.5) is 17.2 Å². The smallest absolute Gasteiger partial charge is 0.143 e. The highest BCUT2D eigenvalue weighted by molar-refractivity contribution is 5.90. The second-order valence-corrected chi connectivity index (χ2v) is 5.40. The van der Waals surface area contributed by atoms with Gasteiger partial charge in [-0.05, 0) is 38.1 Å². The monoisotopic (exact) mass is 281 g/mol. The Hall–Kier alpha value is -2.56.